The molecule has 0 bridgehead atoms. The molecule has 0 fully saturated rings. The van der Waals surface area contributed by atoms with Gasteiger partial charge in [-0.25, -0.2) is 0 Å². The number of amides is 1. The van der Waals surface area contributed by atoms with Crippen molar-refractivity contribution in [1.29, 1.82) is 0 Å². The highest BCUT2D eigenvalue weighted by Crippen LogP contribution is 2.22. The predicted molar refractivity (Wildman–Crippen MR) is 67.7 cm³/mol. The molecule has 0 radical (unpaired) electrons. The van der Waals surface area contributed by atoms with E-state index < -0.39 is 0 Å². The molecule has 3 heteroatoms. The molecule has 1 aliphatic heterocycles. The van der Waals surface area contributed by atoms with Gasteiger partial charge in [0.25, 0.3) is 0 Å². The summed E-state index contributed by atoms with van der Waals surface area (Å²) in [7, 11) is 0. The summed E-state index contributed by atoms with van der Waals surface area (Å²) in [4.78, 5) is 14.8. The lowest BCUT2D eigenvalue weighted by Gasteiger charge is -2.30. The number of thiol groups is 1. The minimum Gasteiger partial charge on any atom is -0.338 e. The maximum Gasteiger partial charge on any atom is 0.225 e. The van der Waals surface area contributed by atoms with Gasteiger partial charge < -0.3 is 4.90 Å². The van der Waals surface area contributed by atoms with E-state index in [0.29, 0.717) is 0 Å². The molecule has 0 atom stereocenters. The molecule has 0 N–H and O–H groups in total. The van der Waals surface area contributed by atoms with Crippen LogP contribution >= 0.6 is 12.6 Å². The Morgan fingerprint density at radius 1 is 1.38 bits per heavy atom. The maximum atomic E-state index is 11.9. The SMILES string of the molecule is CC(C)C(=O)N1CCc2ccc(S)cc2C1. The molecule has 1 aromatic rings. The molecule has 0 saturated heterocycles. The van der Waals surface area contributed by atoms with Gasteiger partial charge in [-0.1, -0.05) is 19.9 Å². The zero-order valence-corrected chi connectivity index (χ0v) is 10.6. The Bertz CT molecular complexity index is 414. The number of carbonyl (C=O) groups excluding carboxylic acids is 1. The average Bonchev–Trinajstić information content (AvgIpc) is 2.26. The van der Waals surface area contributed by atoms with Crippen LogP contribution in [0.2, 0.25) is 0 Å². The molecule has 0 aliphatic carbocycles. The normalized spacial score (nSPS) is 15.1. The summed E-state index contributed by atoms with van der Waals surface area (Å²) in [6.07, 6.45) is 0.960. The first-order valence-electron chi connectivity index (χ1n) is 5.67. The Labute approximate surface area is 102 Å². The summed E-state index contributed by atoms with van der Waals surface area (Å²) in [5, 5.41) is 0. The van der Waals surface area contributed by atoms with Crippen LogP contribution in [-0.2, 0) is 17.8 Å². The third-order valence-electron chi connectivity index (χ3n) is 3.01. The Morgan fingerprint density at radius 3 is 2.81 bits per heavy atom. The second-order valence-electron chi connectivity index (χ2n) is 4.62. The maximum absolute atomic E-state index is 11.9. The van der Waals surface area contributed by atoms with Gasteiger partial charge in [-0.05, 0) is 29.7 Å². The monoisotopic (exact) mass is 235 g/mol. The fraction of sp³-hybridized carbons (Fsp3) is 0.462. The molecule has 86 valence electrons. The van der Waals surface area contributed by atoms with Crippen LogP contribution in [0, 0.1) is 5.92 Å². The summed E-state index contributed by atoms with van der Waals surface area (Å²) in [6, 6.07) is 6.20. The van der Waals surface area contributed by atoms with E-state index in [0.717, 1.165) is 24.4 Å². The van der Waals surface area contributed by atoms with Crippen molar-refractivity contribution in [3.63, 3.8) is 0 Å². The van der Waals surface area contributed by atoms with Crippen molar-refractivity contribution in [2.75, 3.05) is 6.54 Å². The molecule has 1 heterocycles. The average molecular weight is 235 g/mol. The number of hydrogen-bond acceptors (Lipinski definition) is 2. The van der Waals surface area contributed by atoms with E-state index in [1.165, 1.54) is 11.1 Å². The Balaban J connectivity index is 2.20. The molecule has 1 amide bonds. The third kappa shape index (κ3) is 2.24. The van der Waals surface area contributed by atoms with E-state index in [1.807, 2.05) is 24.8 Å². The van der Waals surface area contributed by atoms with Crippen molar-refractivity contribution in [1.82, 2.24) is 4.90 Å². The summed E-state index contributed by atoms with van der Waals surface area (Å²) in [5.74, 6) is 0.330. The van der Waals surface area contributed by atoms with Gasteiger partial charge in [0.1, 0.15) is 0 Å². The fourth-order valence-electron chi connectivity index (χ4n) is 2.10. The first-order valence-corrected chi connectivity index (χ1v) is 6.12. The van der Waals surface area contributed by atoms with Gasteiger partial charge in [0.05, 0.1) is 0 Å². The van der Waals surface area contributed by atoms with E-state index in [2.05, 4.69) is 24.8 Å². The Hall–Kier alpha value is -0.960. The zero-order valence-electron chi connectivity index (χ0n) is 9.73. The van der Waals surface area contributed by atoms with Gasteiger partial charge in [-0.15, -0.1) is 12.6 Å². The highest BCUT2D eigenvalue weighted by Gasteiger charge is 2.22. The van der Waals surface area contributed by atoms with Crippen molar-refractivity contribution in [3.8, 4) is 0 Å². The first-order chi connectivity index (χ1) is 7.58. The number of carbonyl (C=O) groups is 1. The van der Waals surface area contributed by atoms with Gasteiger partial charge in [-0.3, -0.25) is 4.79 Å². The number of rotatable bonds is 1. The smallest absolute Gasteiger partial charge is 0.225 e. The highest BCUT2D eigenvalue weighted by atomic mass is 32.1. The van der Waals surface area contributed by atoms with Crippen LogP contribution in [0.3, 0.4) is 0 Å². The molecule has 0 unspecified atom stereocenters. The largest absolute Gasteiger partial charge is 0.338 e. The zero-order chi connectivity index (χ0) is 11.7. The van der Waals surface area contributed by atoms with Crippen molar-refractivity contribution in [2.45, 2.75) is 31.7 Å². The van der Waals surface area contributed by atoms with Crippen LogP contribution < -0.4 is 0 Å². The number of benzene rings is 1. The summed E-state index contributed by atoms with van der Waals surface area (Å²) in [6.45, 7) is 5.48. The number of fused-ring (bicyclic) bond motifs is 1. The molecular weight excluding hydrogens is 218 g/mol. The Kier molecular flexibility index (Phi) is 3.24. The molecule has 1 aliphatic rings. The van der Waals surface area contributed by atoms with Gasteiger partial charge >= 0.3 is 0 Å². The van der Waals surface area contributed by atoms with Crippen molar-refractivity contribution >= 4 is 18.5 Å². The van der Waals surface area contributed by atoms with Crippen molar-refractivity contribution < 1.29 is 4.79 Å². The van der Waals surface area contributed by atoms with Crippen molar-refractivity contribution in [2.24, 2.45) is 5.92 Å². The second kappa shape index (κ2) is 4.50. The first kappa shape index (κ1) is 11.5. The lowest BCUT2D eigenvalue weighted by Crippen LogP contribution is -2.38. The lowest BCUT2D eigenvalue weighted by atomic mass is 9.99. The van der Waals surface area contributed by atoms with E-state index in [-0.39, 0.29) is 11.8 Å². The number of hydrogen-bond donors (Lipinski definition) is 1. The van der Waals surface area contributed by atoms with Crippen LogP contribution in [0.5, 0.6) is 0 Å². The van der Waals surface area contributed by atoms with E-state index >= 15 is 0 Å². The molecular formula is C13H17NOS. The van der Waals surface area contributed by atoms with Gasteiger partial charge in [0.2, 0.25) is 5.91 Å². The van der Waals surface area contributed by atoms with Crippen molar-refractivity contribution in [3.05, 3.63) is 29.3 Å². The van der Waals surface area contributed by atoms with Crippen LogP contribution in [0.25, 0.3) is 0 Å². The minimum atomic E-state index is 0.0840. The van der Waals surface area contributed by atoms with Gasteiger partial charge in [0, 0.05) is 23.9 Å². The molecule has 1 aromatic carbocycles. The van der Waals surface area contributed by atoms with Gasteiger partial charge in [0.15, 0.2) is 0 Å². The molecule has 2 nitrogen and oxygen atoms in total. The van der Waals surface area contributed by atoms with E-state index in [1.54, 1.807) is 0 Å². The van der Waals surface area contributed by atoms with Crippen LogP contribution in [0.1, 0.15) is 25.0 Å². The summed E-state index contributed by atoms with van der Waals surface area (Å²) >= 11 is 4.34. The lowest BCUT2D eigenvalue weighted by molar-refractivity contribution is -0.135. The molecule has 2 rings (SSSR count). The molecule has 0 aromatic heterocycles. The molecule has 0 saturated carbocycles. The summed E-state index contributed by atoms with van der Waals surface area (Å²) in [5.41, 5.74) is 2.60. The fourth-order valence-corrected chi connectivity index (χ4v) is 2.33. The topological polar surface area (TPSA) is 20.3 Å². The summed E-state index contributed by atoms with van der Waals surface area (Å²) < 4.78 is 0. The predicted octanol–water partition coefficient (Wildman–Crippen LogP) is 2.52. The minimum absolute atomic E-state index is 0.0840. The van der Waals surface area contributed by atoms with Crippen LogP contribution in [0.15, 0.2) is 23.1 Å². The van der Waals surface area contributed by atoms with Crippen LogP contribution in [0.4, 0.5) is 0 Å². The Morgan fingerprint density at radius 2 is 2.12 bits per heavy atom. The van der Waals surface area contributed by atoms with Crippen LogP contribution in [-0.4, -0.2) is 17.4 Å². The molecule has 0 spiro atoms. The number of nitrogens with zero attached hydrogens (tertiary/aromatic N) is 1. The quantitative estimate of drug-likeness (QED) is 0.742. The highest BCUT2D eigenvalue weighted by molar-refractivity contribution is 7.80. The third-order valence-corrected chi connectivity index (χ3v) is 3.29. The standard InChI is InChI=1S/C13H17NOS/c1-9(2)13(15)14-6-5-10-3-4-12(16)7-11(10)8-14/h3-4,7,9,16H,5-6,8H2,1-2H3. The van der Waals surface area contributed by atoms with E-state index in [9.17, 15) is 4.79 Å². The second-order valence-corrected chi connectivity index (χ2v) is 5.13. The van der Waals surface area contributed by atoms with Gasteiger partial charge in [-0.2, -0.15) is 0 Å². The molecule has 16 heavy (non-hydrogen) atoms. The van der Waals surface area contributed by atoms with E-state index in [4.69, 9.17) is 0 Å².